The van der Waals surface area contributed by atoms with Crippen molar-refractivity contribution in [3.05, 3.63) is 29.3 Å². The Balaban J connectivity index is 2.36. The van der Waals surface area contributed by atoms with Crippen LogP contribution >= 0.6 is 0 Å². The second kappa shape index (κ2) is 8.09. The van der Waals surface area contributed by atoms with E-state index in [-0.39, 0.29) is 0 Å². The van der Waals surface area contributed by atoms with Gasteiger partial charge in [-0.3, -0.25) is 0 Å². The lowest BCUT2D eigenvalue weighted by molar-refractivity contribution is 0.338. The van der Waals surface area contributed by atoms with Crippen molar-refractivity contribution in [2.45, 2.75) is 26.7 Å². The highest BCUT2D eigenvalue weighted by molar-refractivity contribution is 5.36. The van der Waals surface area contributed by atoms with Gasteiger partial charge in [-0.25, -0.2) is 0 Å². The molecule has 1 aromatic rings. The van der Waals surface area contributed by atoms with E-state index in [2.05, 4.69) is 30.4 Å². The zero-order chi connectivity index (χ0) is 12.5. The van der Waals surface area contributed by atoms with Crippen molar-refractivity contribution < 1.29 is 4.74 Å². The summed E-state index contributed by atoms with van der Waals surface area (Å²) in [7, 11) is 0. The van der Waals surface area contributed by atoms with E-state index < -0.39 is 0 Å². The standard InChI is InChI=1S/C14H24N2O/c1-3-17-14-6-5-13(11-12(14)2)7-10-16-9-4-8-15/h5-6,11,16H,3-4,7-10,15H2,1-2H3. The summed E-state index contributed by atoms with van der Waals surface area (Å²) in [5.41, 5.74) is 8.00. The Hall–Kier alpha value is -1.06. The fraction of sp³-hybridized carbons (Fsp3) is 0.571. The summed E-state index contributed by atoms with van der Waals surface area (Å²) in [5.74, 6) is 0.993. The van der Waals surface area contributed by atoms with Crippen molar-refractivity contribution in [1.82, 2.24) is 5.32 Å². The van der Waals surface area contributed by atoms with Crippen molar-refractivity contribution >= 4 is 0 Å². The molecule has 0 bridgehead atoms. The summed E-state index contributed by atoms with van der Waals surface area (Å²) in [6.07, 6.45) is 2.10. The Kier molecular flexibility index (Phi) is 6.67. The first-order chi connectivity index (χ1) is 8.27. The molecular weight excluding hydrogens is 212 g/mol. The molecule has 3 nitrogen and oxygen atoms in total. The molecule has 0 saturated carbocycles. The molecule has 17 heavy (non-hydrogen) atoms. The largest absolute Gasteiger partial charge is 0.494 e. The second-order valence-corrected chi connectivity index (χ2v) is 4.18. The molecule has 1 aromatic carbocycles. The van der Waals surface area contributed by atoms with Gasteiger partial charge in [-0.05, 0) is 63.5 Å². The van der Waals surface area contributed by atoms with Gasteiger partial charge in [0.2, 0.25) is 0 Å². The molecule has 0 saturated heterocycles. The summed E-state index contributed by atoms with van der Waals surface area (Å²) in [6, 6.07) is 6.41. The van der Waals surface area contributed by atoms with Crippen LogP contribution in [0.3, 0.4) is 0 Å². The summed E-state index contributed by atoms with van der Waals surface area (Å²) in [4.78, 5) is 0. The van der Waals surface area contributed by atoms with Crippen LogP contribution in [0.1, 0.15) is 24.5 Å². The highest BCUT2D eigenvalue weighted by atomic mass is 16.5. The molecule has 3 N–H and O–H groups in total. The van der Waals surface area contributed by atoms with E-state index in [9.17, 15) is 0 Å². The van der Waals surface area contributed by atoms with Crippen LogP contribution in [0, 0.1) is 6.92 Å². The van der Waals surface area contributed by atoms with Crippen molar-refractivity contribution in [3.8, 4) is 5.75 Å². The molecule has 0 spiro atoms. The van der Waals surface area contributed by atoms with Crippen LogP contribution in [0.2, 0.25) is 0 Å². The molecule has 0 fully saturated rings. The maximum absolute atomic E-state index is 5.52. The van der Waals surface area contributed by atoms with E-state index in [1.807, 2.05) is 6.92 Å². The van der Waals surface area contributed by atoms with E-state index >= 15 is 0 Å². The third kappa shape index (κ3) is 5.20. The SMILES string of the molecule is CCOc1ccc(CCNCCCN)cc1C. The van der Waals surface area contributed by atoms with E-state index in [0.29, 0.717) is 0 Å². The third-order valence-corrected chi connectivity index (χ3v) is 2.69. The maximum Gasteiger partial charge on any atom is 0.122 e. The summed E-state index contributed by atoms with van der Waals surface area (Å²) in [5, 5.41) is 3.38. The molecule has 0 radical (unpaired) electrons. The predicted octanol–water partition coefficient (Wildman–Crippen LogP) is 1.87. The Morgan fingerprint density at radius 3 is 2.76 bits per heavy atom. The van der Waals surface area contributed by atoms with Crippen molar-refractivity contribution in [2.24, 2.45) is 5.73 Å². The van der Waals surface area contributed by atoms with Gasteiger partial charge in [-0.2, -0.15) is 0 Å². The maximum atomic E-state index is 5.52. The quantitative estimate of drug-likeness (QED) is 0.677. The normalized spacial score (nSPS) is 10.5. The fourth-order valence-electron chi connectivity index (χ4n) is 1.77. The lowest BCUT2D eigenvalue weighted by Crippen LogP contribution is -2.20. The van der Waals surface area contributed by atoms with Gasteiger partial charge in [0.25, 0.3) is 0 Å². The number of benzene rings is 1. The van der Waals surface area contributed by atoms with Crippen LogP contribution < -0.4 is 15.8 Å². The lowest BCUT2D eigenvalue weighted by atomic mass is 10.1. The molecule has 3 heteroatoms. The molecule has 1 rings (SSSR count). The monoisotopic (exact) mass is 236 g/mol. The molecule has 0 aromatic heterocycles. The van der Waals surface area contributed by atoms with Gasteiger partial charge in [-0.1, -0.05) is 12.1 Å². The molecule has 0 aliphatic rings. The van der Waals surface area contributed by atoms with Crippen LogP contribution in [0.25, 0.3) is 0 Å². The molecule has 0 aliphatic heterocycles. The van der Waals surface area contributed by atoms with Crippen molar-refractivity contribution in [2.75, 3.05) is 26.2 Å². The summed E-state index contributed by atoms with van der Waals surface area (Å²) < 4.78 is 5.52. The van der Waals surface area contributed by atoms with Crippen LogP contribution in [0.5, 0.6) is 5.75 Å². The average Bonchev–Trinajstić information content (AvgIpc) is 2.32. The molecule has 0 amide bonds. The zero-order valence-corrected chi connectivity index (χ0v) is 11.0. The Labute approximate surface area is 104 Å². The highest BCUT2D eigenvalue weighted by Gasteiger charge is 2.00. The number of aryl methyl sites for hydroxylation is 1. The molecule has 0 heterocycles. The molecule has 0 unspecified atom stereocenters. The average molecular weight is 236 g/mol. The van der Waals surface area contributed by atoms with Gasteiger partial charge in [0, 0.05) is 0 Å². The number of hydrogen-bond acceptors (Lipinski definition) is 3. The minimum atomic E-state index is 0.723. The topological polar surface area (TPSA) is 47.3 Å². The molecule has 0 atom stereocenters. The van der Waals surface area contributed by atoms with Gasteiger partial charge in [0.05, 0.1) is 6.61 Å². The minimum Gasteiger partial charge on any atom is -0.494 e. The minimum absolute atomic E-state index is 0.723. The van der Waals surface area contributed by atoms with Crippen LogP contribution in [0.15, 0.2) is 18.2 Å². The van der Waals surface area contributed by atoms with Gasteiger partial charge in [0.1, 0.15) is 5.75 Å². The Morgan fingerprint density at radius 2 is 2.12 bits per heavy atom. The fourth-order valence-corrected chi connectivity index (χ4v) is 1.77. The first kappa shape index (κ1) is 14.0. The smallest absolute Gasteiger partial charge is 0.122 e. The number of hydrogen-bond donors (Lipinski definition) is 2. The molecular formula is C14H24N2O. The number of nitrogens with one attached hydrogen (secondary N) is 1. The summed E-state index contributed by atoms with van der Waals surface area (Å²) in [6.45, 7) is 7.60. The van der Waals surface area contributed by atoms with Gasteiger partial charge >= 0.3 is 0 Å². The van der Waals surface area contributed by atoms with E-state index in [1.165, 1.54) is 11.1 Å². The zero-order valence-electron chi connectivity index (χ0n) is 11.0. The van der Waals surface area contributed by atoms with E-state index in [4.69, 9.17) is 10.5 Å². The molecule has 0 aliphatic carbocycles. The van der Waals surface area contributed by atoms with Crippen LogP contribution in [-0.4, -0.2) is 26.2 Å². The van der Waals surface area contributed by atoms with Crippen LogP contribution in [-0.2, 0) is 6.42 Å². The second-order valence-electron chi connectivity index (χ2n) is 4.18. The van der Waals surface area contributed by atoms with E-state index in [1.54, 1.807) is 0 Å². The molecule has 96 valence electrons. The van der Waals surface area contributed by atoms with Gasteiger partial charge < -0.3 is 15.8 Å². The Morgan fingerprint density at radius 1 is 1.29 bits per heavy atom. The highest BCUT2D eigenvalue weighted by Crippen LogP contribution is 2.19. The van der Waals surface area contributed by atoms with Crippen molar-refractivity contribution in [1.29, 1.82) is 0 Å². The van der Waals surface area contributed by atoms with Crippen molar-refractivity contribution in [3.63, 3.8) is 0 Å². The number of ether oxygens (including phenoxy) is 1. The summed E-state index contributed by atoms with van der Waals surface area (Å²) >= 11 is 0. The first-order valence-electron chi connectivity index (χ1n) is 6.41. The number of rotatable bonds is 8. The Bertz CT molecular complexity index is 326. The number of nitrogens with two attached hydrogens (primary N) is 1. The lowest BCUT2D eigenvalue weighted by Gasteiger charge is -2.09. The van der Waals surface area contributed by atoms with Gasteiger partial charge in [0.15, 0.2) is 0 Å². The third-order valence-electron chi connectivity index (χ3n) is 2.69. The van der Waals surface area contributed by atoms with Gasteiger partial charge in [-0.15, -0.1) is 0 Å². The predicted molar refractivity (Wildman–Crippen MR) is 72.6 cm³/mol. The first-order valence-corrected chi connectivity index (χ1v) is 6.41. The van der Waals surface area contributed by atoms with E-state index in [0.717, 1.165) is 44.8 Å². The van der Waals surface area contributed by atoms with Crippen LogP contribution in [0.4, 0.5) is 0 Å².